The highest BCUT2D eigenvalue weighted by Gasteiger charge is 2.35. The Morgan fingerprint density at radius 1 is 1.04 bits per heavy atom. The van der Waals surface area contributed by atoms with Crippen LogP contribution in [0.4, 0.5) is 14.9 Å². The van der Waals surface area contributed by atoms with E-state index >= 15 is 4.39 Å². The number of amides is 2. The molecule has 2 amide bonds. The Morgan fingerprint density at radius 2 is 1.74 bits per heavy atom. The maximum Gasteiger partial charge on any atom is 0.407 e. The van der Waals surface area contributed by atoms with Crippen molar-refractivity contribution in [1.29, 1.82) is 0 Å². The number of benzene rings is 3. The van der Waals surface area contributed by atoms with E-state index in [2.05, 4.69) is 17.3 Å². The van der Waals surface area contributed by atoms with Crippen molar-refractivity contribution in [1.82, 2.24) is 19.7 Å². The summed E-state index contributed by atoms with van der Waals surface area (Å²) in [5.41, 5.74) is 0.0680. The molecule has 1 N–H and O–H groups in total. The molecule has 3 aromatic carbocycles. The molecule has 47 heavy (non-hydrogen) atoms. The molecule has 4 heterocycles. The van der Waals surface area contributed by atoms with Crippen LogP contribution in [0.5, 0.6) is 11.5 Å². The highest BCUT2D eigenvalue weighted by atomic mass is 19.1. The molecular weight excluding hydrogens is 601 g/mol. The quantitative estimate of drug-likeness (QED) is 0.271. The number of pyridine rings is 1. The second kappa shape index (κ2) is 11.6. The number of fused-ring (bicyclic) bond motifs is 3. The molecule has 4 aromatic rings. The molecule has 1 atom stereocenters. The van der Waals surface area contributed by atoms with Crippen molar-refractivity contribution in [2.45, 2.75) is 57.7 Å². The van der Waals surface area contributed by atoms with Crippen LogP contribution in [0.25, 0.3) is 27.4 Å². The number of likely N-dealkylation sites (tertiary alicyclic amines) is 1. The zero-order valence-corrected chi connectivity index (χ0v) is 27.4. The van der Waals surface area contributed by atoms with Gasteiger partial charge < -0.3 is 34.1 Å². The van der Waals surface area contributed by atoms with Gasteiger partial charge in [0, 0.05) is 32.4 Å². The molecule has 10 nitrogen and oxygen atoms in total. The number of nitrogens with zero attached hydrogens (tertiary/aromatic N) is 4. The maximum atomic E-state index is 16.3. The van der Waals surface area contributed by atoms with Crippen molar-refractivity contribution in [2.24, 2.45) is 0 Å². The van der Waals surface area contributed by atoms with E-state index in [-0.39, 0.29) is 40.4 Å². The highest BCUT2D eigenvalue weighted by molar-refractivity contribution is 6.02. The molecule has 3 aliphatic heterocycles. The fourth-order valence-electron chi connectivity index (χ4n) is 7.03. The van der Waals surface area contributed by atoms with E-state index in [9.17, 15) is 14.4 Å². The van der Waals surface area contributed by atoms with Gasteiger partial charge in [-0.2, -0.15) is 0 Å². The van der Waals surface area contributed by atoms with Gasteiger partial charge in [0.2, 0.25) is 5.43 Å². The summed E-state index contributed by atoms with van der Waals surface area (Å²) in [5.74, 6) is -0.324. The maximum absolute atomic E-state index is 16.3. The minimum absolute atomic E-state index is 0.00166. The minimum Gasteiger partial charge on any atom is -0.451 e. The average Bonchev–Trinajstić information content (AvgIpc) is 3.47. The van der Waals surface area contributed by atoms with Crippen LogP contribution in [0, 0.1) is 5.82 Å². The number of hydrogen-bond donors (Lipinski definition) is 1. The largest absolute Gasteiger partial charge is 0.451 e. The van der Waals surface area contributed by atoms with Crippen LogP contribution >= 0.6 is 0 Å². The van der Waals surface area contributed by atoms with Crippen LogP contribution in [0.3, 0.4) is 0 Å². The number of alkyl carbamates (subject to hydrolysis) is 1. The molecule has 2 fully saturated rings. The fourth-order valence-corrected chi connectivity index (χ4v) is 7.03. The molecule has 2 saturated heterocycles. The minimum atomic E-state index is -0.645. The molecule has 1 aromatic heterocycles. The number of carbonyl (C=O) groups is 2. The number of hydrogen-bond acceptors (Lipinski definition) is 7. The van der Waals surface area contributed by atoms with Crippen LogP contribution < -0.4 is 20.4 Å². The first-order valence-electron chi connectivity index (χ1n) is 16.2. The van der Waals surface area contributed by atoms with Crippen LogP contribution in [0.1, 0.15) is 50.4 Å². The number of anilines is 1. The SMILES string of the molecule is CN1CCC(N(C)C(=O)c2cn3c4c(c(N5CCC(NC(=O)OC(C)(C)C)C5)c(F)cc4c2=O)Oc2cc4ccccc4cc2-3)CC1. The smallest absolute Gasteiger partial charge is 0.407 e. The third-order valence-electron chi connectivity index (χ3n) is 9.48. The van der Waals surface area contributed by atoms with E-state index in [0.29, 0.717) is 36.5 Å². The van der Waals surface area contributed by atoms with Gasteiger partial charge in [-0.05, 0) is 89.1 Å². The summed E-state index contributed by atoms with van der Waals surface area (Å²) in [6.07, 6.45) is 3.26. The van der Waals surface area contributed by atoms with Crippen molar-refractivity contribution in [3.05, 3.63) is 70.3 Å². The Morgan fingerprint density at radius 3 is 2.45 bits per heavy atom. The molecular formula is C36H40FN5O5. The molecule has 11 heteroatoms. The van der Waals surface area contributed by atoms with E-state index < -0.39 is 22.9 Å². The Labute approximate surface area is 272 Å². The zero-order valence-electron chi connectivity index (χ0n) is 27.4. The lowest BCUT2D eigenvalue weighted by Crippen LogP contribution is -2.45. The monoisotopic (exact) mass is 641 g/mol. The Bertz CT molecular complexity index is 1980. The van der Waals surface area contributed by atoms with Crippen molar-refractivity contribution in [3.8, 4) is 17.2 Å². The number of rotatable bonds is 4. The summed E-state index contributed by atoms with van der Waals surface area (Å²) in [4.78, 5) is 46.3. The number of carbonyl (C=O) groups excluding carboxylic acids is 2. The van der Waals surface area contributed by atoms with E-state index in [1.54, 1.807) is 38.9 Å². The second-order valence-corrected chi connectivity index (χ2v) is 14.0. The van der Waals surface area contributed by atoms with Crippen molar-refractivity contribution >= 4 is 39.4 Å². The van der Waals surface area contributed by atoms with Gasteiger partial charge in [-0.1, -0.05) is 24.3 Å². The third-order valence-corrected chi connectivity index (χ3v) is 9.48. The predicted octanol–water partition coefficient (Wildman–Crippen LogP) is 5.66. The Kier molecular flexibility index (Phi) is 7.62. The zero-order chi connectivity index (χ0) is 33.2. The Balaban J connectivity index is 1.34. The topological polar surface area (TPSA) is 96.4 Å². The van der Waals surface area contributed by atoms with Gasteiger partial charge in [0.25, 0.3) is 5.91 Å². The molecule has 0 spiro atoms. The second-order valence-electron chi connectivity index (χ2n) is 14.0. The number of halogens is 1. The summed E-state index contributed by atoms with van der Waals surface area (Å²) in [6, 6.07) is 12.7. The van der Waals surface area contributed by atoms with Gasteiger partial charge in [0.15, 0.2) is 17.3 Å². The molecule has 1 unspecified atom stereocenters. The van der Waals surface area contributed by atoms with E-state index in [1.165, 1.54) is 6.07 Å². The summed E-state index contributed by atoms with van der Waals surface area (Å²) in [5, 5.41) is 4.86. The van der Waals surface area contributed by atoms with Crippen LogP contribution in [-0.4, -0.2) is 84.3 Å². The normalized spacial score (nSPS) is 18.3. The molecule has 0 bridgehead atoms. The van der Waals surface area contributed by atoms with Crippen LogP contribution in [-0.2, 0) is 4.74 Å². The van der Waals surface area contributed by atoms with Crippen LogP contribution in [0.2, 0.25) is 0 Å². The Hall–Kier alpha value is -4.64. The van der Waals surface area contributed by atoms with E-state index in [0.717, 1.165) is 36.7 Å². The summed E-state index contributed by atoms with van der Waals surface area (Å²) in [6.45, 7) is 7.90. The summed E-state index contributed by atoms with van der Waals surface area (Å²) < 4.78 is 30.1. The first-order chi connectivity index (χ1) is 22.4. The summed E-state index contributed by atoms with van der Waals surface area (Å²) >= 11 is 0. The number of aromatic nitrogens is 1. The molecule has 246 valence electrons. The van der Waals surface area contributed by atoms with Gasteiger partial charge in [-0.15, -0.1) is 0 Å². The first-order valence-corrected chi connectivity index (χ1v) is 16.2. The van der Waals surface area contributed by atoms with E-state index in [1.807, 2.05) is 45.9 Å². The molecule has 0 aliphatic carbocycles. The fraction of sp³-hybridized carbons (Fsp3) is 0.417. The average molecular weight is 642 g/mol. The number of nitrogens with one attached hydrogen (secondary N) is 1. The van der Waals surface area contributed by atoms with Gasteiger partial charge in [-0.3, -0.25) is 9.59 Å². The van der Waals surface area contributed by atoms with E-state index in [4.69, 9.17) is 9.47 Å². The third kappa shape index (κ3) is 5.66. The van der Waals surface area contributed by atoms with Gasteiger partial charge in [0.1, 0.15) is 22.4 Å². The molecule has 7 rings (SSSR count). The molecule has 0 saturated carbocycles. The lowest BCUT2D eigenvalue weighted by Gasteiger charge is -2.35. The summed E-state index contributed by atoms with van der Waals surface area (Å²) in [7, 11) is 3.80. The van der Waals surface area contributed by atoms with Crippen molar-refractivity contribution < 1.29 is 23.5 Å². The first kappa shape index (κ1) is 31.0. The molecule has 0 radical (unpaired) electrons. The van der Waals surface area contributed by atoms with Crippen molar-refractivity contribution in [3.63, 3.8) is 0 Å². The van der Waals surface area contributed by atoms with Gasteiger partial charge in [-0.25, -0.2) is 9.18 Å². The number of ether oxygens (including phenoxy) is 2. The lowest BCUT2D eigenvalue weighted by molar-refractivity contribution is 0.0508. The van der Waals surface area contributed by atoms with Gasteiger partial charge >= 0.3 is 6.09 Å². The predicted molar refractivity (Wildman–Crippen MR) is 180 cm³/mol. The van der Waals surface area contributed by atoms with Crippen LogP contribution in [0.15, 0.2) is 53.5 Å². The molecule has 3 aliphatic rings. The van der Waals surface area contributed by atoms with Crippen molar-refractivity contribution in [2.75, 3.05) is 45.2 Å². The van der Waals surface area contributed by atoms with Gasteiger partial charge in [0.05, 0.1) is 17.1 Å². The standard InChI is InChI=1S/C36H40FN5O5/c1-36(2,3)47-35(45)38-23-10-15-41(19-23)31-27(37)18-25-30-33(31)46-29-17-22-9-7-6-8-21(22)16-28(29)42(30)20-26(32(25)43)34(44)40(5)24-11-13-39(4)14-12-24/h6-9,16-18,20,23-24H,10-15,19H2,1-5H3,(H,38,45). The lowest BCUT2D eigenvalue weighted by atomic mass is 10.0. The highest BCUT2D eigenvalue weighted by Crippen LogP contribution is 2.48. The number of piperidine rings is 1.